The first-order valence-electron chi connectivity index (χ1n) is 11.7. The van der Waals surface area contributed by atoms with Crippen molar-refractivity contribution in [2.24, 2.45) is 0 Å². The molecule has 34 heavy (non-hydrogen) atoms. The molecule has 1 amide bonds. The van der Waals surface area contributed by atoms with E-state index in [0.717, 1.165) is 12.0 Å². The number of aliphatic hydroxyl groups is 1. The molecule has 0 aromatic heterocycles. The van der Waals surface area contributed by atoms with Gasteiger partial charge in [-0.1, -0.05) is 19.1 Å². The van der Waals surface area contributed by atoms with E-state index >= 15 is 0 Å². The first-order chi connectivity index (χ1) is 16.4. The van der Waals surface area contributed by atoms with Crippen LogP contribution in [0.2, 0.25) is 0 Å². The van der Waals surface area contributed by atoms with Crippen molar-refractivity contribution in [3.63, 3.8) is 0 Å². The Morgan fingerprint density at radius 2 is 1.85 bits per heavy atom. The minimum atomic E-state index is -0.728. The summed E-state index contributed by atoms with van der Waals surface area (Å²) < 4.78 is 16.5. The summed E-state index contributed by atoms with van der Waals surface area (Å²) in [5.74, 6) is -0.185. The van der Waals surface area contributed by atoms with Crippen LogP contribution in [0.4, 0.5) is 0 Å². The number of benzene rings is 2. The van der Waals surface area contributed by atoms with Gasteiger partial charge in [-0.25, -0.2) is 0 Å². The molecule has 0 saturated carbocycles. The highest BCUT2D eigenvalue weighted by Gasteiger charge is 2.45. The van der Waals surface area contributed by atoms with E-state index in [9.17, 15) is 14.7 Å². The number of aryl methyl sites for hydroxylation is 1. The fourth-order valence-corrected chi connectivity index (χ4v) is 4.10. The Bertz CT molecular complexity index is 1060. The second kappa shape index (κ2) is 11.7. The van der Waals surface area contributed by atoms with Gasteiger partial charge in [0.05, 0.1) is 24.8 Å². The SMILES string of the molecule is CCCOc1cccc(C2/C(=C(\O)c3ccc(OCC)c(C)c3)C(=O)C(=O)N2CCCOC)c1. The summed E-state index contributed by atoms with van der Waals surface area (Å²) in [6.45, 7) is 7.65. The Kier molecular flexibility index (Phi) is 8.71. The van der Waals surface area contributed by atoms with Crippen molar-refractivity contribution >= 4 is 17.4 Å². The number of carbonyl (C=O) groups is 2. The van der Waals surface area contributed by atoms with Crippen LogP contribution in [0.15, 0.2) is 48.0 Å². The van der Waals surface area contributed by atoms with E-state index in [1.54, 1.807) is 25.3 Å². The van der Waals surface area contributed by atoms with Crippen LogP contribution in [0.5, 0.6) is 11.5 Å². The molecule has 1 saturated heterocycles. The maximum absolute atomic E-state index is 13.2. The number of hydrogen-bond acceptors (Lipinski definition) is 6. The fraction of sp³-hybridized carbons (Fsp3) is 0.407. The number of nitrogens with zero attached hydrogens (tertiary/aromatic N) is 1. The van der Waals surface area contributed by atoms with Crippen LogP contribution in [-0.2, 0) is 14.3 Å². The van der Waals surface area contributed by atoms with E-state index in [1.165, 1.54) is 4.90 Å². The van der Waals surface area contributed by atoms with Crippen LogP contribution in [-0.4, -0.2) is 55.2 Å². The Labute approximate surface area is 200 Å². The van der Waals surface area contributed by atoms with E-state index in [0.29, 0.717) is 55.4 Å². The molecule has 0 aliphatic carbocycles. The molecular weight excluding hydrogens is 434 g/mol. The molecular formula is C27H33NO6. The average molecular weight is 468 g/mol. The summed E-state index contributed by atoms with van der Waals surface area (Å²) in [5, 5.41) is 11.3. The number of Topliss-reactive ketones (excluding diaryl/α,β-unsaturated/α-hetero) is 1. The molecule has 182 valence electrons. The average Bonchev–Trinajstić information content (AvgIpc) is 3.09. The van der Waals surface area contributed by atoms with E-state index in [2.05, 4.69) is 0 Å². The van der Waals surface area contributed by atoms with E-state index < -0.39 is 17.7 Å². The number of hydrogen-bond donors (Lipinski definition) is 1. The van der Waals surface area contributed by atoms with Crippen LogP contribution in [0, 0.1) is 6.92 Å². The monoisotopic (exact) mass is 467 g/mol. The lowest BCUT2D eigenvalue weighted by Crippen LogP contribution is -2.31. The van der Waals surface area contributed by atoms with Gasteiger partial charge in [-0.15, -0.1) is 0 Å². The maximum atomic E-state index is 13.2. The van der Waals surface area contributed by atoms with Gasteiger partial charge < -0.3 is 24.2 Å². The number of aliphatic hydroxyl groups excluding tert-OH is 1. The van der Waals surface area contributed by atoms with Crippen molar-refractivity contribution in [1.82, 2.24) is 4.90 Å². The van der Waals surface area contributed by atoms with Gasteiger partial charge in [0.15, 0.2) is 0 Å². The van der Waals surface area contributed by atoms with Gasteiger partial charge in [0, 0.05) is 25.8 Å². The number of rotatable bonds is 11. The molecule has 1 aliphatic rings. The Balaban J connectivity index is 2.10. The molecule has 0 radical (unpaired) electrons. The second-order valence-electron chi connectivity index (χ2n) is 8.17. The molecule has 2 aromatic rings. The Morgan fingerprint density at radius 3 is 2.53 bits per heavy atom. The number of ketones is 1. The van der Waals surface area contributed by atoms with E-state index in [4.69, 9.17) is 14.2 Å². The molecule has 2 aromatic carbocycles. The summed E-state index contributed by atoms with van der Waals surface area (Å²) in [6.07, 6.45) is 1.42. The molecule has 1 fully saturated rings. The lowest BCUT2D eigenvalue weighted by Gasteiger charge is -2.25. The summed E-state index contributed by atoms with van der Waals surface area (Å²) in [5.41, 5.74) is 2.05. The topological polar surface area (TPSA) is 85.3 Å². The molecule has 7 nitrogen and oxygen atoms in total. The predicted octanol–water partition coefficient (Wildman–Crippen LogP) is 4.64. The van der Waals surface area contributed by atoms with Gasteiger partial charge in [-0.2, -0.15) is 0 Å². The van der Waals surface area contributed by atoms with Crippen molar-refractivity contribution in [3.8, 4) is 11.5 Å². The number of methoxy groups -OCH3 is 1. The molecule has 3 rings (SSSR count). The van der Waals surface area contributed by atoms with Gasteiger partial charge in [0.25, 0.3) is 11.7 Å². The number of likely N-dealkylation sites (tertiary alicyclic amines) is 1. The van der Waals surface area contributed by atoms with Gasteiger partial charge in [0.1, 0.15) is 17.3 Å². The minimum absolute atomic E-state index is 0.0682. The molecule has 0 bridgehead atoms. The predicted molar refractivity (Wildman–Crippen MR) is 130 cm³/mol. The zero-order chi connectivity index (χ0) is 24.7. The zero-order valence-corrected chi connectivity index (χ0v) is 20.3. The largest absolute Gasteiger partial charge is 0.507 e. The number of amides is 1. The standard InChI is InChI=1S/C27H33NO6/c1-5-14-34-21-10-7-9-19(17-21)24-23(26(30)27(31)28(24)13-8-15-32-4)25(29)20-11-12-22(33-6-2)18(3)16-20/h7,9-12,16-17,24,29H,5-6,8,13-15H2,1-4H3/b25-23+. The zero-order valence-electron chi connectivity index (χ0n) is 20.3. The molecule has 1 N–H and O–H groups in total. The second-order valence-corrected chi connectivity index (χ2v) is 8.17. The van der Waals surface area contributed by atoms with Crippen molar-refractivity contribution < 1.29 is 28.9 Å². The van der Waals surface area contributed by atoms with Gasteiger partial charge in [-0.3, -0.25) is 9.59 Å². The van der Waals surface area contributed by atoms with Crippen LogP contribution < -0.4 is 9.47 Å². The first-order valence-corrected chi connectivity index (χ1v) is 11.7. The third-order valence-electron chi connectivity index (χ3n) is 5.68. The molecule has 0 spiro atoms. The molecule has 7 heteroatoms. The fourth-order valence-electron chi connectivity index (χ4n) is 4.10. The molecule has 1 unspecified atom stereocenters. The third-order valence-corrected chi connectivity index (χ3v) is 5.68. The van der Waals surface area contributed by atoms with Gasteiger partial charge >= 0.3 is 0 Å². The van der Waals surface area contributed by atoms with Crippen LogP contribution in [0.25, 0.3) is 5.76 Å². The highest BCUT2D eigenvalue weighted by molar-refractivity contribution is 6.46. The number of ether oxygens (including phenoxy) is 3. The van der Waals surface area contributed by atoms with Gasteiger partial charge in [0.2, 0.25) is 0 Å². The summed E-state index contributed by atoms with van der Waals surface area (Å²) in [6, 6.07) is 11.8. The van der Waals surface area contributed by atoms with Crippen molar-refractivity contribution in [3.05, 3.63) is 64.7 Å². The lowest BCUT2D eigenvalue weighted by atomic mass is 9.94. The molecule has 1 atom stereocenters. The van der Waals surface area contributed by atoms with E-state index in [-0.39, 0.29) is 11.3 Å². The lowest BCUT2D eigenvalue weighted by molar-refractivity contribution is -0.140. The Hall–Kier alpha value is -3.32. The van der Waals surface area contributed by atoms with Crippen LogP contribution >= 0.6 is 0 Å². The molecule has 1 aliphatic heterocycles. The van der Waals surface area contributed by atoms with Crippen LogP contribution in [0.3, 0.4) is 0 Å². The quantitative estimate of drug-likeness (QED) is 0.224. The van der Waals surface area contributed by atoms with Gasteiger partial charge in [-0.05, 0) is 68.1 Å². The maximum Gasteiger partial charge on any atom is 0.295 e. The highest BCUT2D eigenvalue weighted by Crippen LogP contribution is 2.40. The van der Waals surface area contributed by atoms with Crippen LogP contribution in [0.1, 0.15) is 49.4 Å². The van der Waals surface area contributed by atoms with Crippen molar-refractivity contribution in [2.75, 3.05) is 33.5 Å². The smallest absolute Gasteiger partial charge is 0.295 e. The minimum Gasteiger partial charge on any atom is -0.507 e. The Morgan fingerprint density at radius 1 is 1.06 bits per heavy atom. The number of carbonyl (C=O) groups excluding carboxylic acids is 2. The summed E-state index contributed by atoms with van der Waals surface area (Å²) >= 11 is 0. The normalized spacial score (nSPS) is 17.3. The van der Waals surface area contributed by atoms with E-state index in [1.807, 2.05) is 45.0 Å². The summed E-state index contributed by atoms with van der Waals surface area (Å²) in [7, 11) is 1.59. The molecule has 1 heterocycles. The summed E-state index contributed by atoms with van der Waals surface area (Å²) in [4.78, 5) is 27.7. The van der Waals surface area contributed by atoms with Crippen molar-refractivity contribution in [2.45, 2.75) is 39.7 Å². The third kappa shape index (κ3) is 5.42. The highest BCUT2D eigenvalue weighted by atomic mass is 16.5. The van der Waals surface area contributed by atoms with Crippen molar-refractivity contribution in [1.29, 1.82) is 0 Å². The first kappa shape index (κ1) is 25.3.